The molecule has 0 saturated heterocycles. The number of aromatic amines is 1. The van der Waals surface area contributed by atoms with Crippen LogP contribution in [0.4, 0.5) is 14.5 Å². The van der Waals surface area contributed by atoms with Crippen LogP contribution in [0.25, 0.3) is 11.3 Å². The summed E-state index contributed by atoms with van der Waals surface area (Å²) >= 11 is 0. The molecule has 1 aromatic heterocycles. The summed E-state index contributed by atoms with van der Waals surface area (Å²) in [5.41, 5.74) is 1.50. The number of rotatable bonds is 4. The Labute approximate surface area is 136 Å². The van der Waals surface area contributed by atoms with Crippen molar-refractivity contribution in [3.63, 3.8) is 0 Å². The van der Waals surface area contributed by atoms with E-state index in [1.165, 1.54) is 19.5 Å². The third-order valence-corrected chi connectivity index (χ3v) is 3.43. The lowest BCUT2D eigenvalue weighted by Crippen LogP contribution is -2.16. The Balaban J connectivity index is 1.91. The first-order chi connectivity index (χ1) is 11.6. The molecule has 0 aliphatic carbocycles. The summed E-state index contributed by atoms with van der Waals surface area (Å²) in [7, 11) is 1.28. The molecule has 0 atom stereocenters. The highest BCUT2D eigenvalue weighted by atomic mass is 19.2. The molecule has 1 heterocycles. The molecule has 0 unspecified atom stereocenters. The van der Waals surface area contributed by atoms with E-state index < -0.39 is 23.1 Å². The number of halogens is 2. The van der Waals surface area contributed by atoms with E-state index in [2.05, 4.69) is 15.3 Å². The maximum absolute atomic E-state index is 14.0. The number of hydrogen-bond donors (Lipinski definition) is 2. The van der Waals surface area contributed by atoms with Gasteiger partial charge in [-0.2, -0.15) is 0 Å². The molecule has 0 aliphatic heterocycles. The summed E-state index contributed by atoms with van der Waals surface area (Å²) in [5, 5.41) is 2.54. The minimum Gasteiger partial charge on any atom is -0.496 e. The second-order valence-electron chi connectivity index (χ2n) is 4.94. The Morgan fingerprint density at radius 1 is 1.25 bits per heavy atom. The highest BCUT2D eigenvalue weighted by Crippen LogP contribution is 2.26. The van der Waals surface area contributed by atoms with Crippen molar-refractivity contribution < 1.29 is 18.3 Å². The van der Waals surface area contributed by atoms with E-state index in [4.69, 9.17) is 4.74 Å². The zero-order valence-electron chi connectivity index (χ0n) is 12.6. The lowest BCUT2D eigenvalue weighted by Gasteiger charge is -2.11. The summed E-state index contributed by atoms with van der Waals surface area (Å²) in [6.45, 7) is 0. The summed E-state index contributed by atoms with van der Waals surface area (Å²) in [6, 6.07) is 8.99. The minimum atomic E-state index is -1.25. The van der Waals surface area contributed by atoms with Crippen LogP contribution in [0, 0.1) is 11.6 Å². The van der Waals surface area contributed by atoms with Gasteiger partial charge in [-0.3, -0.25) is 4.79 Å². The number of methoxy groups -OCH3 is 1. The standard InChI is InChI=1S/C17H13F2N3O2/c1-24-14-6-5-12(18)16(19)15(14)17(23)22-11-4-2-3-10(7-11)13-8-20-9-21-13/h2-9H,1H3,(H,20,21)(H,22,23). The van der Waals surface area contributed by atoms with Gasteiger partial charge < -0.3 is 15.0 Å². The molecular formula is C17H13F2N3O2. The predicted octanol–water partition coefficient (Wildman–Crippen LogP) is 3.62. The molecule has 122 valence electrons. The fourth-order valence-corrected chi connectivity index (χ4v) is 2.29. The SMILES string of the molecule is COc1ccc(F)c(F)c1C(=O)Nc1cccc(-c2cnc[nH]2)c1. The zero-order chi connectivity index (χ0) is 17.1. The Bertz CT molecular complexity index is 880. The van der Waals surface area contributed by atoms with Crippen molar-refractivity contribution in [1.82, 2.24) is 9.97 Å². The van der Waals surface area contributed by atoms with Crippen LogP contribution in [0.2, 0.25) is 0 Å². The number of ether oxygens (including phenoxy) is 1. The molecule has 3 aromatic rings. The summed E-state index contributed by atoms with van der Waals surface area (Å²) < 4.78 is 32.3. The van der Waals surface area contributed by atoms with E-state index >= 15 is 0 Å². The number of anilines is 1. The van der Waals surface area contributed by atoms with Crippen molar-refractivity contribution >= 4 is 11.6 Å². The molecule has 0 spiro atoms. The molecule has 3 rings (SSSR count). The van der Waals surface area contributed by atoms with Crippen molar-refractivity contribution in [3.05, 3.63) is 66.1 Å². The Morgan fingerprint density at radius 2 is 2.08 bits per heavy atom. The number of nitrogens with one attached hydrogen (secondary N) is 2. The van der Waals surface area contributed by atoms with Gasteiger partial charge >= 0.3 is 0 Å². The maximum Gasteiger partial charge on any atom is 0.262 e. The van der Waals surface area contributed by atoms with Crippen LogP contribution in [0.3, 0.4) is 0 Å². The topological polar surface area (TPSA) is 67.0 Å². The van der Waals surface area contributed by atoms with Crippen LogP contribution in [0.5, 0.6) is 5.75 Å². The van der Waals surface area contributed by atoms with E-state index in [1.807, 2.05) is 6.07 Å². The lowest BCUT2D eigenvalue weighted by molar-refractivity contribution is 0.101. The van der Waals surface area contributed by atoms with Gasteiger partial charge in [0, 0.05) is 11.3 Å². The van der Waals surface area contributed by atoms with E-state index in [1.54, 1.807) is 24.4 Å². The third kappa shape index (κ3) is 2.96. The van der Waals surface area contributed by atoms with Crippen LogP contribution in [0.1, 0.15) is 10.4 Å². The quantitative estimate of drug-likeness (QED) is 0.768. The number of benzene rings is 2. The van der Waals surface area contributed by atoms with Gasteiger partial charge in [0.2, 0.25) is 0 Å². The number of carbonyl (C=O) groups is 1. The molecule has 2 aromatic carbocycles. The van der Waals surface area contributed by atoms with Gasteiger partial charge in [-0.25, -0.2) is 13.8 Å². The first kappa shape index (κ1) is 15.7. The van der Waals surface area contributed by atoms with Gasteiger partial charge in [0.1, 0.15) is 11.3 Å². The van der Waals surface area contributed by atoms with Crippen LogP contribution >= 0.6 is 0 Å². The van der Waals surface area contributed by atoms with E-state index in [-0.39, 0.29) is 5.75 Å². The summed E-state index contributed by atoms with van der Waals surface area (Å²) in [5.74, 6) is -3.22. The van der Waals surface area contributed by atoms with Gasteiger partial charge in [-0.1, -0.05) is 12.1 Å². The first-order valence-electron chi connectivity index (χ1n) is 7.02. The second kappa shape index (κ2) is 6.49. The first-order valence-corrected chi connectivity index (χ1v) is 7.02. The number of hydrogen-bond acceptors (Lipinski definition) is 3. The predicted molar refractivity (Wildman–Crippen MR) is 84.9 cm³/mol. The van der Waals surface area contributed by atoms with Crippen LogP contribution in [-0.4, -0.2) is 23.0 Å². The minimum absolute atomic E-state index is 0.0453. The van der Waals surface area contributed by atoms with E-state index in [0.29, 0.717) is 5.69 Å². The molecule has 5 nitrogen and oxygen atoms in total. The van der Waals surface area contributed by atoms with Gasteiger partial charge in [-0.15, -0.1) is 0 Å². The van der Waals surface area contributed by atoms with Crippen LogP contribution in [0.15, 0.2) is 48.9 Å². The van der Waals surface area contributed by atoms with Crippen molar-refractivity contribution in [2.45, 2.75) is 0 Å². The van der Waals surface area contributed by atoms with Crippen molar-refractivity contribution in [2.75, 3.05) is 12.4 Å². The van der Waals surface area contributed by atoms with Gasteiger partial charge in [0.25, 0.3) is 5.91 Å². The molecule has 0 fully saturated rings. The van der Waals surface area contributed by atoms with Gasteiger partial charge in [0.05, 0.1) is 25.3 Å². The number of aromatic nitrogens is 2. The molecule has 0 aliphatic rings. The second-order valence-corrected chi connectivity index (χ2v) is 4.94. The molecule has 0 bridgehead atoms. The Hall–Kier alpha value is -3.22. The molecule has 2 N–H and O–H groups in total. The average Bonchev–Trinajstić information content (AvgIpc) is 3.12. The fourth-order valence-electron chi connectivity index (χ4n) is 2.29. The lowest BCUT2D eigenvalue weighted by atomic mass is 10.1. The number of carbonyl (C=O) groups excluding carboxylic acids is 1. The highest BCUT2D eigenvalue weighted by molar-refractivity contribution is 6.06. The largest absolute Gasteiger partial charge is 0.496 e. The van der Waals surface area contributed by atoms with Gasteiger partial charge in [0.15, 0.2) is 11.6 Å². The fraction of sp³-hybridized carbons (Fsp3) is 0.0588. The van der Waals surface area contributed by atoms with Crippen LogP contribution < -0.4 is 10.1 Å². The monoisotopic (exact) mass is 329 g/mol. The highest BCUT2D eigenvalue weighted by Gasteiger charge is 2.21. The molecular weight excluding hydrogens is 316 g/mol. The molecule has 0 saturated carbocycles. The molecule has 0 radical (unpaired) electrons. The van der Waals surface area contributed by atoms with Crippen LogP contribution in [-0.2, 0) is 0 Å². The number of H-pyrrole nitrogens is 1. The van der Waals surface area contributed by atoms with Crippen molar-refractivity contribution in [3.8, 4) is 17.0 Å². The van der Waals surface area contributed by atoms with Crippen molar-refractivity contribution in [1.29, 1.82) is 0 Å². The number of amides is 1. The summed E-state index contributed by atoms with van der Waals surface area (Å²) in [6.07, 6.45) is 3.17. The normalized spacial score (nSPS) is 10.5. The third-order valence-electron chi connectivity index (χ3n) is 3.43. The molecule has 24 heavy (non-hydrogen) atoms. The summed E-state index contributed by atoms with van der Waals surface area (Å²) in [4.78, 5) is 19.2. The Morgan fingerprint density at radius 3 is 2.79 bits per heavy atom. The number of imidazole rings is 1. The smallest absolute Gasteiger partial charge is 0.262 e. The molecule has 7 heteroatoms. The van der Waals surface area contributed by atoms with Crippen molar-refractivity contribution in [2.24, 2.45) is 0 Å². The Kier molecular flexibility index (Phi) is 4.24. The number of nitrogens with zero attached hydrogens (tertiary/aromatic N) is 1. The van der Waals surface area contributed by atoms with E-state index in [0.717, 1.165) is 17.3 Å². The molecule has 1 amide bonds. The average molecular weight is 329 g/mol. The van der Waals surface area contributed by atoms with Gasteiger partial charge in [-0.05, 0) is 24.3 Å². The van der Waals surface area contributed by atoms with E-state index in [9.17, 15) is 13.6 Å². The maximum atomic E-state index is 14.0. The zero-order valence-corrected chi connectivity index (χ0v) is 12.6.